The SMILES string of the molecule is Nn1c(N/N=C/c2ccccc2OCc2ccc(Cl)cc2)nnc1SCC(=O)Nc1nccs1. The van der Waals surface area contributed by atoms with Crippen molar-refractivity contribution in [2.24, 2.45) is 5.10 Å². The summed E-state index contributed by atoms with van der Waals surface area (Å²) in [6, 6.07) is 15.0. The fourth-order valence-corrected chi connectivity index (χ4v) is 3.97. The van der Waals surface area contributed by atoms with Gasteiger partial charge in [0.1, 0.15) is 12.4 Å². The van der Waals surface area contributed by atoms with E-state index in [-0.39, 0.29) is 17.6 Å². The first-order chi connectivity index (χ1) is 16.6. The van der Waals surface area contributed by atoms with Gasteiger partial charge in [-0.25, -0.2) is 15.1 Å². The van der Waals surface area contributed by atoms with Gasteiger partial charge in [-0.15, -0.1) is 21.5 Å². The molecule has 0 atom stereocenters. The number of hydrogen-bond acceptors (Lipinski definition) is 10. The van der Waals surface area contributed by atoms with Gasteiger partial charge in [0, 0.05) is 22.2 Å². The fraction of sp³-hybridized carbons (Fsp3) is 0.0952. The van der Waals surface area contributed by atoms with Crippen LogP contribution in [0.15, 0.2) is 70.4 Å². The number of thioether (sulfide) groups is 1. The molecule has 0 unspecified atom stereocenters. The van der Waals surface area contributed by atoms with E-state index in [1.54, 1.807) is 17.8 Å². The molecule has 4 N–H and O–H groups in total. The molecule has 34 heavy (non-hydrogen) atoms. The van der Waals surface area contributed by atoms with Crippen molar-refractivity contribution in [3.63, 3.8) is 0 Å². The summed E-state index contributed by atoms with van der Waals surface area (Å²) in [4.78, 5) is 16.0. The predicted octanol–water partition coefficient (Wildman–Crippen LogP) is 3.86. The number of hydrazone groups is 1. The monoisotopic (exact) mass is 514 g/mol. The largest absolute Gasteiger partial charge is 0.488 e. The summed E-state index contributed by atoms with van der Waals surface area (Å²) in [5, 5.41) is 18.2. The number of nitrogens with one attached hydrogen (secondary N) is 2. The highest BCUT2D eigenvalue weighted by molar-refractivity contribution is 7.99. The van der Waals surface area contributed by atoms with Crippen LogP contribution in [0.4, 0.5) is 11.1 Å². The lowest BCUT2D eigenvalue weighted by Gasteiger charge is -2.09. The van der Waals surface area contributed by atoms with Gasteiger partial charge in [0.2, 0.25) is 11.1 Å². The number of rotatable bonds is 10. The van der Waals surface area contributed by atoms with Crippen LogP contribution in [-0.4, -0.2) is 37.7 Å². The summed E-state index contributed by atoms with van der Waals surface area (Å²) in [5.74, 6) is 6.79. The van der Waals surface area contributed by atoms with Crippen LogP contribution in [0.2, 0.25) is 5.02 Å². The lowest BCUT2D eigenvalue weighted by Crippen LogP contribution is -2.16. The second-order valence-electron chi connectivity index (χ2n) is 6.67. The molecule has 2 heterocycles. The van der Waals surface area contributed by atoms with Crippen LogP contribution >= 0.6 is 34.7 Å². The van der Waals surface area contributed by atoms with Gasteiger partial charge in [0.25, 0.3) is 5.95 Å². The van der Waals surface area contributed by atoms with Crippen molar-refractivity contribution < 1.29 is 9.53 Å². The number of carbonyl (C=O) groups excluding carboxylic acids is 1. The second kappa shape index (κ2) is 11.5. The summed E-state index contributed by atoms with van der Waals surface area (Å²) in [6.07, 6.45) is 3.22. The first-order valence-corrected chi connectivity index (χ1v) is 12.1. The molecule has 2 aromatic heterocycles. The van der Waals surface area contributed by atoms with E-state index >= 15 is 0 Å². The average molecular weight is 515 g/mol. The van der Waals surface area contributed by atoms with E-state index in [0.717, 1.165) is 22.9 Å². The van der Waals surface area contributed by atoms with Crippen LogP contribution < -0.4 is 21.3 Å². The minimum atomic E-state index is -0.217. The van der Waals surface area contributed by atoms with Crippen molar-refractivity contribution in [1.82, 2.24) is 19.9 Å². The van der Waals surface area contributed by atoms with Crippen molar-refractivity contribution >= 4 is 57.9 Å². The Morgan fingerprint density at radius 3 is 2.85 bits per heavy atom. The normalized spacial score (nSPS) is 11.0. The molecular weight excluding hydrogens is 496 g/mol. The summed E-state index contributed by atoms with van der Waals surface area (Å²) in [7, 11) is 0. The molecule has 4 rings (SSSR count). The number of nitrogen functional groups attached to an aromatic ring is 1. The zero-order valence-electron chi connectivity index (χ0n) is 17.6. The third-order valence-electron chi connectivity index (χ3n) is 4.27. The van der Waals surface area contributed by atoms with Crippen LogP contribution in [0.1, 0.15) is 11.1 Å². The maximum absolute atomic E-state index is 12.0. The molecule has 0 spiro atoms. The Bertz CT molecular complexity index is 1260. The Kier molecular flexibility index (Phi) is 7.96. The van der Waals surface area contributed by atoms with E-state index in [1.165, 1.54) is 16.0 Å². The number of aromatic nitrogens is 4. The van der Waals surface area contributed by atoms with Crippen molar-refractivity contribution in [2.75, 3.05) is 22.3 Å². The number of para-hydroxylation sites is 1. The topological polar surface area (TPSA) is 132 Å². The Balaban J connectivity index is 1.31. The van der Waals surface area contributed by atoms with E-state index in [4.69, 9.17) is 22.2 Å². The highest BCUT2D eigenvalue weighted by Crippen LogP contribution is 2.20. The van der Waals surface area contributed by atoms with Crippen molar-refractivity contribution in [2.45, 2.75) is 11.8 Å². The van der Waals surface area contributed by atoms with E-state index < -0.39 is 0 Å². The predicted molar refractivity (Wildman–Crippen MR) is 135 cm³/mol. The van der Waals surface area contributed by atoms with Gasteiger partial charge in [0.05, 0.1) is 12.0 Å². The summed E-state index contributed by atoms with van der Waals surface area (Å²) in [6.45, 7) is 0.392. The maximum atomic E-state index is 12.0. The molecule has 0 fully saturated rings. The third kappa shape index (κ3) is 6.47. The molecule has 10 nitrogen and oxygen atoms in total. The molecule has 2 aromatic carbocycles. The quantitative estimate of drug-likeness (QED) is 0.126. The van der Waals surface area contributed by atoms with Gasteiger partial charge in [0.15, 0.2) is 5.13 Å². The lowest BCUT2D eigenvalue weighted by molar-refractivity contribution is -0.113. The minimum Gasteiger partial charge on any atom is -0.488 e. The Hall–Kier alpha value is -3.61. The van der Waals surface area contributed by atoms with Crippen molar-refractivity contribution in [1.29, 1.82) is 0 Å². The van der Waals surface area contributed by atoms with Gasteiger partial charge < -0.3 is 15.9 Å². The highest BCUT2D eigenvalue weighted by atomic mass is 35.5. The summed E-state index contributed by atoms with van der Waals surface area (Å²) in [5.41, 5.74) is 4.51. The number of nitrogens with two attached hydrogens (primary N) is 1. The molecule has 0 aliphatic heterocycles. The molecule has 13 heteroatoms. The standard InChI is InChI=1S/C21H19ClN8O2S2/c22-16-7-5-14(6-8-16)12-32-17-4-2-1-3-15(17)11-25-27-19-28-29-21(30(19)23)34-13-18(31)26-20-24-9-10-33-20/h1-11H,12-13,23H2,(H,27,28)(H,24,26,31)/b25-11+. The first-order valence-electron chi connectivity index (χ1n) is 9.86. The molecular formula is C21H19ClN8O2S2. The zero-order valence-corrected chi connectivity index (χ0v) is 20.0. The van der Waals surface area contributed by atoms with Gasteiger partial charge >= 0.3 is 0 Å². The van der Waals surface area contributed by atoms with Crippen molar-refractivity contribution in [3.8, 4) is 5.75 Å². The number of thiazole rings is 1. The summed E-state index contributed by atoms with van der Waals surface area (Å²) >= 11 is 8.41. The van der Waals surface area contributed by atoms with Crippen LogP contribution in [0.25, 0.3) is 0 Å². The summed E-state index contributed by atoms with van der Waals surface area (Å²) < 4.78 is 7.14. The first kappa shape index (κ1) is 23.5. The molecule has 4 aromatic rings. The number of hydrogen-bond donors (Lipinski definition) is 3. The number of halogens is 1. The molecule has 0 saturated heterocycles. The van der Waals surface area contributed by atoms with Crippen LogP contribution in [0.5, 0.6) is 5.75 Å². The average Bonchev–Trinajstić information content (AvgIpc) is 3.48. The Morgan fingerprint density at radius 2 is 2.06 bits per heavy atom. The van der Waals surface area contributed by atoms with Gasteiger partial charge in [-0.05, 0) is 29.8 Å². The number of carbonyl (C=O) groups is 1. The lowest BCUT2D eigenvalue weighted by atomic mass is 10.2. The van der Waals surface area contributed by atoms with Crippen molar-refractivity contribution in [3.05, 3.63) is 76.3 Å². The fourth-order valence-electron chi connectivity index (χ4n) is 2.64. The van der Waals surface area contributed by atoms with Crippen LogP contribution in [0.3, 0.4) is 0 Å². The number of nitrogens with zero attached hydrogens (tertiary/aromatic N) is 5. The zero-order chi connectivity index (χ0) is 23.8. The molecule has 1 amide bonds. The van der Waals surface area contributed by atoms with Gasteiger partial charge in [-0.1, -0.05) is 47.6 Å². The smallest absolute Gasteiger partial charge is 0.264 e. The molecule has 0 aliphatic rings. The van der Waals surface area contributed by atoms with E-state index in [1.807, 2.05) is 48.5 Å². The second-order valence-corrected chi connectivity index (χ2v) is 8.95. The number of anilines is 2. The van der Waals surface area contributed by atoms with E-state index in [9.17, 15) is 4.79 Å². The molecule has 0 radical (unpaired) electrons. The Morgan fingerprint density at radius 1 is 1.24 bits per heavy atom. The molecule has 0 aliphatic carbocycles. The van der Waals surface area contributed by atoms with Crippen LogP contribution in [0, 0.1) is 0 Å². The highest BCUT2D eigenvalue weighted by Gasteiger charge is 2.12. The minimum absolute atomic E-state index is 0.108. The molecule has 0 saturated carbocycles. The molecule has 174 valence electrons. The van der Waals surface area contributed by atoms with E-state index in [2.05, 4.69) is 31.0 Å². The number of ether oxygens (including phenoxy) is 1. The van der Waals surface area contributed by atoms with E-state index in [0.29, 0.717) is 27.7 Å². The Labute approximate surface area is 208 Å². The number of amides is 1. The van der Waals surface area contributed by atoms with Crippen LogP contribution in [-0.2, 0) is 11.4 Å². The third-order valence-corrected chi connectivity index (χ3v) is 6.15. The van der Waals surface area contributed by atoms with Gasteiger partial charge in [-0.2, -0.15) is 5.10 Å². The number of benzene rings is 2. The maximum Gasteiger partial charge on any atom is 0.264 e. The van der Waals surface area contributed by atoms with Gasteiger partial charge in [-0.3, -0.25) is 4.79 Å². The molecule has 0 bridgehead atoms.